The molecule has 0 amide bonds. The summed E-state index contributed by atoms with van der Waals surface area (Å²) in [6, 6.07) is -1.14. The summed E-state index contributed by atoms with van der Waals surface area (Å²) in [7, 11) is -3.76. The Morgan fingerprint density at radius 3 is 2.19 bits per heavy atom. The third kappa shape index (κ3) is 2.57. The molecule has 0 N–H and O–H groups in total. The van der Waals surface area contributed by atoms with E-state index in [0.29, 0.717) is 0 Å². The maximum absolute atomic E-state index is 13.4. The largest absolute Gasteiger partial charge is 0.358 e. The Balaban J connectivity index is 2.48. The summed E-state index contributed by atoms with van der Waals surface area (Å²) in [5.41, 5.74) is 0. The zero-order chi connectivity index (χ0) is 16.0. The van der Waals surface area contributed by atoms with Crippen LogP contribution >= 0.6 is 7.60 Å². The van der Waals surface area contributed by atoms with Crippen LogP contribution in [0.3, 0.4) is 0 Å². The number of fused-ring (bicyclic) bond motifs is 2. The summed E-state index contributed by atoms with van der Waals surface area (Å²) in [6.45, 7) is 8.48. The number of ether oxygens (including phenoxy) is 1. The minimum atomic E-state index is -3.76. The van der Waals surface area contributed by atoms with Gasteiger partial charge in [-0.2, -0.15) is 0 Å². The minimum absolute atomic E-state index is 0.373. The fraction of sp³-hybridized carbons (Fsp3) is 0.846. The molecule has 2 bridgehead atoms. The van der Waals surface area contributed by atoms with Gasteiger partial charge in [0, 0.05) is 4.92 Å². The van der Waals surface area contributed by atoms with Crippen molar-refractivity contribution in [2.45, 2.75) is 70.2 Å². The Kier molecular flexibility index (Phi) is 4.32. The summed E-state index contributed by atoms with van der Waals surface area (Å²) >= 11 is 0. The fourth-order valence-corrected chi connectivity index (χ4v) is 5.58. The molecule has 7 nitrogen and oxygen atoms in total. The summed E-state index contributed by atoms with van der Waals surface area (Å²) in [5, 5.41) is 10.2. The van der Waals surface area contributed by atoms with E-state index in [0.717, 1.165) is 0 Å². The van der Waals surface area contributed by atoms with Gasteiger partial charge in [0.25, 0.3) is 6.04 Å². The van der Waals surface area contributed by atoms with Crippen LogP contribution in [0.1, 0.15) is 34.6 Å². The fourth-order valence-electron chi connectivity index (χ4n) is 2.94. The highest BCUT2D eigenvalue weighted by Gasteiger charge is 2.72. The lowest BCUT2D eigenvalue weighted by atomic mass is 9.90. The summed E-state index contributed by atoms with van der Waals surface area (Å²) < 4.78 is 30.2. The van der Waals surface area contributed by atoms with Crippen LogP contribution in [-0.2, 0) is 18.3 Å². The van der Waals surface area contributed by atoms with Crippen molar-refractivity contribution >= 4 is 7.60 Å². The summed E-state index contributed by atoms with van der Waals surface area (Å²) in [6.07, 6.45) is 1.29. The number of hydrogen-bond acceptors (Lipinski definition) is 6. The number of nitro groups is 1. The topological polar surface area (TPSA) is 87.9 Å². The number of rotatable bonds is 6. The second kappa shape index (κ2) is 5.47. The first-order chi connectivity index (χ1) is 9.61. The normalized spacial score (nSPS) is 35.1. The third-order valence-electron chi connectivity index (χ3n) is 3.78. The molecule has 0 aromatic rings. The van der Waals surface area contributed by atoms with E-state index < -0.39 is 35.9 Å². The molecule has 1 saturated heterocycles. The molecule has 2 aliphatic rings. The van der Waals surface area contributed by atoms with Crippen LogP contribution in [0.5, 0.6) is 0 Å². The van der Waals surface area contributed by atoms with E-state index in [1.54, 1.807) is 46.8 Å². The molecule has 0 saturated carbocycles. The van der Waals surface area contributed by atoms with Gasteiger partial charge in [-0.25, -0.2) is 0 Å². The van der Waals surface area contributed by atoms with E-state index in [-0.39, 0.29) is 12.2 Å². The van der Waals surface area contributed by atoms with Crippen LogP contribution in [-0.4, -0.2) is 40.5 Å². The van der Waals surface area contributed by atoms with Crippen LogP contribution in [0.4, 0.5) is 0 Å². The average Bonchev–Trinajstić information content (AvgIpc) is 2.85. The Hall–Kier alpha value is -0.750. The average molecular weight is 319 g/mol. The van der Waals surface area contributed by atoms with Gasteiger partial charge in [0.1, 0.15) is 12.2 Å². The first-order valence-electron chi connectivity index (χ1n) is 7.06. The van der Waals surface area contributed by atoms with Gasteiger partial charge in [-0.15, -0.1) is 0 Å². The lowest BCUT2D eigenvalue weighted by molar-refractivity contribution is -0.529. The van der Waals surface area contributed by atoms with Crippen LogP contribution in [0.25, 0.3) is 0 Å². The summed E-state index contributed by atoms with van der Waals surface area (Å²) in [5.74, 6) is 0. The van der Waals surface area contributed by atoms with Crippen LogP contribution in [0, 0.1) is 10.1 Å². The standard InChI is InChI=1S/C13H22NO6P/c1-8(2)19-21(17,20-9(3)4)13(5)11-7-6-10(18-11)12(13)14(15)16/h6-12H,1-5H3. The minimum Gasteiger partial charge on any atom is -0.358 e. The highest BCUT2D eigenvalue weighted by molar-refractivity contribution is 7.55. The van der Waals surface area contributed by atoms with Crippen molar-refractivity contribution in [3.8, 4) is 0 Å². The molecule has 120 valence electrons. The smallest absolute Gasteiger partial charge is 0.347 e. The molecule has 4 atom stereocenters. The first-order valence-corrected chi connectivity index (χ1v) is 8.60. The Morgan fingerprint density at radius 2 is 1.76 bits per heavy atom. The van der Waals surface area contributed by atoms with Gasteiger partial charge in [-0.05, 0) is 34.6 Å². The van der Waals surface area contributed by atoms with Crippen molar-refractivity contribution in [2.75, 3.05) is 0 Å². The van der Waals surface area contributed by atoms with Crippen LogP contribution in [0.2, 0.25) is 0 Å². The maximum Gasteiger partial charge on any atom is 0.347 e. The quantitative estimate of drug-likeness (QED) is 0.324. The predicted molar refractivity (Wildman–Crippen MR) is 77.0 cm³/mol. The van der Waals surface area contributed by atoms with E-state index in [4.69, 9.17) is 13.8 Å². The second-order valence-corrected chi connectivity index (χ2v) is 8.55. The molecule has 0 aromatic carbocycles. The van der Waals surface area contributed by atoms with Crippen LogP contribution < -0.4 is 0 Å². The zero-order valence-electron chi connectivity index (χ0n) is 12.9. The molecule has 0 spiro atoms. The maximum atomic E-state index is 13.4. The van der Waals surface area contributed by atoms with Gasteiger partial charge < -0.3 is 13.8 Å². The number of hydrogen-bond donors (Lipinski definition) is 0. The molecule has 2 rings (SSSR count). The predicted octanol–water partition coefficient (Wildman–Crippen LogP) is 2.77. The molecule has 8 heteroatoms. The molecular formula is C13H22NO6P. The molecule has 1 fully saturated rings. The van der Waals surface area contributed by atoms with Crippen molar-refractivity contribution in [3.63, 3.8) is 0 Å². The molecular weight excluding hydrogens is 297 g/mol. The number of nitrogens with zero attached hydrogens (tertiary/aromatic N) is 1. The SMILES string of the molecule is CC(C)OP(=O)(OC(C)C)C1(C)C2C=CC(O2)C1[N+](=O)[O-]. The molecule has 4 unspecified atom stereocenters. The molecule has 0 radical (unpaired) electrons. The Bertz CT molecular complexity index is 491. The van der Waals surface area contributed by atoms with Crippen molar-refractivity contribution < 1.29 is 23.3 Å². The lowest BCUT2D eigenvalue weighted by Crippen LogP contribution is -2.51. The lowest BCUT2D eigenvalue weighted by Gasteiger charge is -2.38. The van der Waals surface area contributed by atoms with Crippen molar-refractivity contribution in [1.82, 2.24) is 0 Å². The van der Waals surface area contributed by atoms with Gasteiger partial charge >= 0.3 is 7.60 Å². The first kappa shape index (κ1) is 16.6. The van der Waals surface area contributed by atoms with E-state index >= 15 is 0 Å². The summed E-state index contributed by atoms with van der Waals surface area (Å²) in [4.78, 5) is 11.0. The highest BCUT2D eigenvalue weighted by Crippen LogP contribution is 2.68. The van der Waals surface area contributed by atoms with Crippen molar-refractivity contribution in [2.24, 2.45) is 0 Å². The van der Waals surface area contributed by atoms with Gasteiger partial charge in [0.2, 0.25) is 0 Å². The molecule has 21 heavy (non-hydrogen) atoms. The van der Waals surface area contributed by atoms with Gasteiger partial charge in [0.15, 0.2) is 5.16 Å². The van der Waals surface area contributed by atoms with Crippen molar-refractivity contribution in [1.29, 1.82) is 0 Å². The molecule has 2 aliphatic heterocycles. The van der Waals surface area contributed by atoms with Gasteiger partial charge in [0.05, 0.1) is 12.2 Å². The molecule has 2 heterocycles. The van der Waals surface area contributed by atoms with Crippen molar-refractivity contribution in [3.05, 3.63) is 22.3 Å². The Labute approximate surface area is 124 Å². The van der Waals surface area contributed by atoms with Crippen LogP contribution in [0.15, 0.2) is 12.2 Å². The molecule has 0 aliphatic carbocycles. The second-order valence-electron chi connectivity index (χ2n) is 6.17. The van der Waals surface area contributed by atoms with E-state index in [1.807, 2.05) is 0 Å². The Morgan fingerprint density at radius 1 is 1.24 bits per heavy atom. The van der Waals surface area contributed by atoms with E-state index in [9.17, 15) is 14.7 Å². The van der Waals surface area contributed by atoms with E-state index in [2.05, 4.69) is 0 Å². The highest BCUT2D eigenvalue weighted by atomic mass is 31.2. The van der Waals surface area contributed by atoms with Gasteiger partial charge in [-0.3, -0.25) is 14.7 Å². The van der Waals surface area contributed by atoms with Gasteiger partial charge in [-0.1, -0.05) is 12.2 Å². The third-order valence-corrected chi connectivity index (χ3v) is 6.88. The molecule has 0 aromatic heterocycles. The monoisotopic (exact) mass is 319 g/mol. The zero-order valence-corrected chi connectivity index (χ0v) is 13.8. The van der Waals surface area contributed by atoms with E-state index in [1.165, 1.54) is 0 Å².